The van der Waals surface area contributed by atoms with Crippen LogP contribution in [0.15, 0.2) is 28.2 Å². The molecule has 2 aromatic heterocycles. The third kappa shape index (κ3) is 2.06. The Balaban J connectivity index is 2.41. The summed E-state index contributed by atoms with van der Waals surface area (Å²) in [5.41, 5.74) is -0.608. The summed E-state index contributed by atoms with van der Waals surface area (Å²) in [4.78, 5) is 13.4. The molecular formula is C6H5N5O3S2. The highest BCUT2D eigenvalue weighted by atomic mass is 32.2. The lowest BCUT2D eigenvalue weighted by Gasteiger charge is -2.01. The molecule has 8 nitrogen and oxygen atoms in total. The van der Waals surface area contributed by atoms with Crippen LogP contribution in [0.3, 0.4) is 0 Å². The van der Waals surface area contributed by atoms with Gasteiger partial charge in [0.2, 0.25) is 10.6 Å². The standard InChI is InChI=1S/C6H5N5O3S2/c12-4-1-2-7-3-5(4)16(13,14)9-6-8-10-11-15-6/h1-3H,(H,7,12)(H,8,9,11). The predicted octanol–water partition coefficient (Wildman–Crippen LogP) is -0.578. The number of aromatic nitrogens is 4. The van der Waals surface area contributed by atoms with Gasteiger partial charge in [-0.05, 0) is 5.21 Å². The molecule has 0 aliphatic carbocycles. The molecule has 0 atom stereocenters. The maximum Gasteiger partial charge on any atom is 0.269 e. The van der Waals surface area contributed by atoms with Crippen LogP contribution in [0.1, 0.15) is 0 Å². The number of hydrogen-bond donors (Lipinski definition) is 2. The van der Waals surface area contributed by atoms with Gasteiger partial charge in [-0.3, -0.25) is 9.52 Å². The zero-order valence-corrected chi connectivity index (χ0v) is 9.25. The zero-order valence-electron chi connectivity index (χ0n) is 7.61. The number of nitrogens with zero attached hydrogens (tertiary/aromatic N) is 3. The van der Waals surface area contributed by atoms with E-state index in [0.717, 1.165) is 23.8 Å². The molecule has 0 fully saturated rings. The number of sulfonamides is 1. The van der Waals surface area contributed by atoms with Gasteiger partial charge in [0.1, 0.15) is 0 Å². The second-order valence-corrected chi connectivity index (χ2v) is 5.03. The van der Waals surface area contributed by atoms with Crippen molar-refractivity contribution < 1.29 is 8.42 Å². The van der Waals surface area contributed by atoms with Crippen molar-refractivity contribution >= 4 is 26.7 Å². The second-order valence-electron chi connectivity index (χ2n) is 2.65. The average Bonchev–Trinajstić information content (AvgIpc) is 2.70. The first-order chi connectivity index (χ1) is 7.59. The summed E-state index contributed by atoms with van der Waals surface area (Å²) in [5, 5.41) is 6.64. The summed E-state index contributed by atoms with van der Waals surface area (Å²) < 4.78 is 28.9. The molecule has 0 bridgehead atoms. The number of nitrogens with one attached hydrogen (secondary N) is 2. The smallest absolute Gasteiger partial charge is 0.269 e. The minimum absolute atomic E-state index is 0.00301. The molecule has 0 aliphatic heterocycles. The van der Waals surface area contributed by atoms with Crippen molar-refractivity contribution in [2.45, 2.75) is 4.90 Å². The van der Waals surface area contributed by atoms with E-state index in [1.807, 2.05) is 0 Å². The molecule has 0 aromatic carbocycles. The van der Waals surface area contributed by atoms with Gasteiger partial charge in [-0.2, -0.15) is 0 Å². The van der Waals surface area contributed by atoms with Gasteiger partial charge in [-0.25, -0.2) is 8.42 Å². The van der Waals surface area contributed by atoms with Crippen molar-refractivity contribution in [1.82, 2.24) is 19.8 Å². The fourth-order valence-electron chi connectivity index (χ4n) is 0.954. The SMILES string of the molecule is O=c1cc[nH]cc1S(=O)(=O)Nc1nnns1. The topological polar surface area (TPSA) is 118 Å². The van der Waals surface area contributed by atoms with Crippen molar-refractivity contribution in [2.75, 3.05) is 4.72 Å². The fourth-order valence-corrected chi connectivity index (χ4v) is 2.59. The molecule has 0 aliphatic rings. The van der Waals surface area contributed by atoms with Gasteiger partial charge in [-0.1, -0.05) is 9.59 Å². The summed E-state index contributed by atoms with van der Waals surface area (Å²) >= 11 is 0.776. The van der Waals surface area contributed by atoms with Crippen LogP contribution in [0.5, 0.6) is 0 Å². The molecule has 0 unspecified atom stereocenters. The molecule has 2 heterocycles. The minimum Gasteiger partial charge on any atom is -0.366 e. The quantitative estimate of drug-likeness (QED) is 0.761. The van der Waals surface area contributed by atoms with Crippen LogP contribution in [0, 0.1) is 0 Å². The Morgan fingerprint density at radius 2 is 2.25 bits per heavy atom. The van der Waals surface area contributed by atoms with Crippen molar-refractivity contribution in [3.63, 3.8) is 0 Å². The van der Waals surface area contributed by atoms with E-state index in [-0.39, 0.29) is 10.0 Å². The van der Waals surface area contributed by atoms with E-state index in [4.69, 9.17) is 0 Å². The third-order valence-electron chi connectivity index (χ3n) is 1.60. The molecule has 10 heteroatoms. The number of pyridine rings is 1. The first-order valence-electron chi connectivity index (χ1n) is 3.94. The van der Waals surface area contributed by atoms with E-state index in [1.165, 1.54) is 6.20 Å². The van der Waals surface area contributed by atoms with E-state index in [0.29, 0.717) is 0 Å². The van der Waals surface area contributed by atoms with Gasteiger partial charge >= 0.3 is 0 Å². The Morgan fingerprint density at radius 3 is 2.88 bits per heavy atom. The van der Waals surface area contributed by atoms with Gasteiger partial charge in [0.25, 0.3) is 10.0 Å². The van der Waals surface area contributed by atoms with Crippen molar-refractivity contribution in [1.29, 1.82) is 0 Å². The molecule has 0 spiro atoms. The molecular weight excluding hydrogens is 254 g/mol. The summed E-state index contributed by atoms with van der Waals surface area (Å²) in [7, 11) is -3.94. The van der Waals surface area contributed by atoms with E-state index in [1.54, 1.807) is 0 Å². The number of anilines is 1. The van der Waals surface area contributed by atoms with Gasteiger partial charge in [-0.15, -0.1) is 0 Å². The van der Waals surface area contributed by atoms with Crippen molar-refractivity contribution in [2.24, 2.45) is 0 Å². The van der Waals surface area contributed by atoms with Crippen molar-refractivity contribution in [3.8, 4) is 0 Å². The Labute approximate surface area is 93.6 Å². The minimum atomic E-state index is -3.94. The Bertz CT molecular complexity index is 632. The van der Waals surface area contributed by atoms with Crippen LogP contribution < -0.4 is 10.2 Å². The Morgan fingerprint density at radius 1 is 1.44 bits per heavy atom. The fraction of sp³-hybridized carbons (Fsp3) is 0. The highest BCUT2D eigenvalue weighted by Crippen LogP contribution is 2.11. The van der Waals surface area contributed by atoms with Crippen LogP contribution in [-0.4, -0.2) is 28.2 Å². The normalized spacial score (nSPS) is 11.2. The second kappa shape index (κ2) is 3.98. The van der Waals surface area contributed by atoms with E-state index in [9.17, 15) is 13.2 Å². The van der Waals surface area contributed by atoms with Crippen LogP contribution in [0.4, 0.5) is 5.13 Å². The lowest BCUT2D eigenvalue weighted by Crippen LogP contribution is -2.20. The Kier molecular flexibility index (Phi) is 2.66. The monoisotopic (exact) mass is 259 g/mol. The van der Waals surface area contributed by atoms with Crippen LogP contribution >= 0.6 is 11.5 Å². The van der Waals surface area contributed by atoms with Crippen LogP contribution in [0.2, 0.25) is 0 Å². The number of aromatic amines is 1. The van der Waals surface area contributed by atoms with Crippen LogP contribution in [-0.2, 0) is 10.0 Å². The largest absolute Gasteiger partial charge is 0.366 e. The maximum atomic E-state index is 11.7. The van der Waals surface area contributed by atoms with Gasteiger partial charge in [0.05, 0.1) is 0 Å². The molecule has 0 radical (unpaired) electrons. The van der Waals surface area contributed by atoms with Gasteiger partial charge < -0.3 is 4.98 Å². The summed E-state index contributed by atoms with van der Waals surface area (Å²) in [5.74, 6) is 0. The molecule has 0 saturated carbocycles. The highest BCUT2D eigenvalue weighted by molar-refractivity contribution is 7.92. The number of rotatable bonds is 3. The van der Waals surface area contributed by atoms with Gasteiger partial charge in [0.15, 0.2) is 4.90 Å². The molecule has 2 N–H and O–H groups in total. The van der Waals surface area contributed by atoms with E-state index < -0.39 is 15.5 Å². The Hall–Kier alpha value is -1.81. The summed E-state index contributed by atoms with van der Waals surface area (Å²) in [6, 6.07) is 1.12. The van der Waals surface area contributed by atoms with E-state index in [2.05, 4.69) is 24.5 Å². The van der Waals surface area contributed by atoms with Crippen LogP contribution in [0.25, 0.3) is 0 Å². The first-order valence-corrected chi connectivity index (χ1v) is 6.20. The highest BCUT2D eigenvalue weighted by Gasteiger charge is 2.19. The molecule has 2 aromatic rings. The molecule has 84 valence electrons. The average molecular weight is 259 g/mol. The molecule has 2 rings (SSSR count). The maximum absolute atomic E-state index is 11.7. The zero-order chi connectivity index (χ0) is 11.6. The van der Waals surface area contributed by atoms with Crippen molar-refractivity contribution in [3.05, 3.63) is 28.7 Å². The molecule has 0 amide bonds. The molecule has 16 heavy (non-hydrogen) atoms. The molecule has 0 saturated heterocycles. The summed E-state index contributed by atoms with van der Waals surface area (Å²) in [6.45, 7) is 0. The lowest BCUT2D eigenvalue weighted by molar-refractivity contribution is 0.600. The summed E-state index contributed by atoms with van der Waals surface area (Å²) in [6.07, 6.45) is 2.44. The number of hydrogen-bond acceptors (Lipinski definition) is 7. The third-order valence-corrected chi connectivity index (χ3v) is 3.60. The lowest BCUT2D eigenvalue weighted by atomic mass is 10.5. The predicted molar refractivity (Wildman–Crippen MR) is 55.6 cm³/mol. The van der Waals surface area contributed by atoms with Gasteiger partial charge in [0, 0.05) is 30.0 Å². The van der Waals surface area contributed by atoms with E-state index >= 15 is 0 Å². The number of H-pyrrole nitrogens is 1. The first kappa shape index (κ1) is 10.7.